The van der Waals surface area contributed by atoms with Crippen molar-refractivity contribution in [3.63, 3.8) is 0 Å². The molecule has 5 nitrogen and oxygen atoms in total. The maximum absolute atomic E-state index is 12.5. The molecule has 0 radical (unpaired) electrons. The van der Waals surface area contributed by atoms with Crippen LogP contribution in [-0.4, -0.2) is 39.2 Å². The standard InChI is InChI=1S/C21H24ClNO4/c1-14-6-8-18(25-3)16(10-14)13-23(2)20(24)9-7-15-11-17(22)21(27-5)19(12-15)26-4/h6-12H,13H2,1-5H3/b9-7+. The Hall–Kier alpha value is -2.66. The lowest BCUT2D eigenvalue weighted by Gasteiger charge is -2.18. The van der Waals surface area contributed by atoms with Crippen molar-refractivity contribution in [2.24, 2.45) is 0 Å². The van der Waals surface area contributed by atoms with Gasteiger partial charge in [-0.15, -0.1) is 0 Å². The van der Waals surface area contributed by atoms with E-state index in [0.717, 1.165) is 22.4 Å². The highest BCUT2D eigenvalue weighted by Crippen LogP contribution is 2.36. The summed E-state index contributed by atoms with van der Waals surface area (Å²) in [6, 6.07) is 9.38. The largest absolute Gasteiger partial charge is 0.496 e. The molecule has 0 heterocycles. The summed E-state index contributed by atoms with van der Waals surface area (Å²) < 4.78 is 15.9. The Morgan fingerprint density at radius 2 is 1.78 bits per heavy atom. The lowest BCUT2D eigenvalue weighted by atomic mass is 10.1. The van der Waals surface area contributed by atoms with Crippen molar-refractivity contribution in [1.82, 2.24) is 4.90 Å². The van der Waals surface area contributed by atoms with Crippen molar-refractivity contribution in [2.75, 3.05) is 28.4 Å². The van der Waals surface area contributed by atoms with Gasteiger partial charge in [0.1, 0.15) is 5.75 Å². The van der Waals surface area contributed by atoms with Crippen LogP contribution in [0.4, 0.5) is 0 Å². The molecule has 2 rings (SSSR count). The van der Waals surface area contributed by atoms with E-state index < -0.39 is 0 Å². The van der Waals surface area contributed by atoms with Gasteiger partial charge in [0, 0.05) is 25.2 Å². The van der Waals surface area contributed by atoms with Crippen LogP contribution >= 0.6 is 11.6 Å². The van der Waals surface area contributed by atoms with Gasteiger partial charge in [0.2, 0.25) is 5.91 Å². The molecule has 0 unspecified atom stereocenters. The lowest BCUT2D eigenvalue weighted by Crippen LogP contribution is -2.24. The van der Waals surface area contributed by atoms with Gasteiger partial charge in [0.05, 0.1) is 26.4 Å². The Morgan fingerprint density at radius 1 is 1.07 bits per heavy atom. The van der Waals surface area contributed by atoms with Crippen molar-refractivity contribution in [2.45, 2.75) is 13.5 Å². The van der Waals surface area contributed by atoms with Crippen molar-refractivity contribution in [3.8, 4) is 17.2 Å². The molecule has 0 N–H and O–H groups in total. The van der Waals surface area contributed by atoms with Gasteiger partial charge in [0.15, 0.2) is 11.5 Å². The lowest BCUT2D eigenvalue weighted by molar-refractivity contribution is -0.125. The predicted octanol–water partition coefficient (Wildman–Crippen LogP) is 4.35. The number of benzene rings is 2. The molecule has 0 aliphatic carbocycles. The quantitative estimate of drug-likeness (QED) is 0.661. The molecule has 0 aliphatic heterocycles. The monoisotopic (exact) mass is 389 g/mol. The van der Waals surface area contributed by atoms with E-state index in [2.05, 4.69) is 0 Å². The molecule has 0 atom stereocenters. The SMILES string of the molecule is COc1ccc(C)cc1CN(C)C(=O)/C=C/c1cc(Cl)c(OC)c(OC)c1. The van der Waals surface area contributed by atoms with Crippen LogP contribution in [0.15, 0.2) is 36.4 Å². The van der Waals surface area contributed by atoms with E-state index >= 15 is 0 Å². The average Bonchev–Trinajstić information content (AvgIpc) is 2.65. The van der Waals surface area contributed by atoms with Crippen LogP contribution < -0.4 is 14.2 Å². The fraction of sp³-hybridized carbons (Fsp3) is 0.286. The third kappa shape index (κ3) is 5.17. The van der Waals surface area contributed by atoms with Gasteiger partial charge in [-0.05, 0) is 36.8 Å². The summed E-state index contributed by atoms with van der Waals surface area (Å²) in [6.07, 6.45) is 3.19. The first-order valence-electron chi connectivity index (χ1n) is 8.37. The van der Waals surface area contributed by atoms with E-state index in [1.165, 1.54) is 20.3 Å². The van der Waals surface area contributed by atoms with E-state index in [-0.39, 0.29) is 5.91 Å². The van der Waals surface area contributed by atoms with Crippen molar-refractivity contribution >= 4 is 23.6 Å². The van der Waals surface area contributed by atoms with Crippen LogP contribution in [0.1, 0.15) is 16.7 Å². The van der Waals surface area contributed by atoms with E-state index in [0.29, 0.717) is 23.1 Å². The molecule has 0 bridgehead atoms. The van der Waals surface area contributed by atoms with E-state index in [1.807, 2.05) is 25.1 Å². The normalized spacial score (nSPS) is 10.7. The van der Waals surface area contributed by atoms with E-state index in [1.54, 1.807) is 37.3 Å². The molecule has 144 valence electrons. The van der Waals surface area contributed by atoms with Gasteiger partial charge in [-0.1, -0.05) is 29.3 Å². The van der Waals surface area contributed by atoms with Gasteiger partial charge >= 0.3 is 0 Å². The second kappa shape index (κ2) is 9.33. The molecule has 2 aromatic rings. The first-order valence-corrected chi connectivity index (χ1v) is 8.75. The molecule has 0 fully saturated rings. The number of amides is 1. The van der Waals surface area contributed by atoms with E-state index in [9.17, 15) is 4.79 Å². The maximum Gasteiger partial charge on any atom is 0.246 e. The highest BCUT2D eigenvalue weighted by atomic mass is 35.5. The Balaban J connectivity index is 2.15. The second-order valence-electron chi connectivity index (χ2n) is 6.08. The number of hydrogen-bond acceptors (Lipinski definition) is 4. The molecule has 0 saturated carbocycles. The summed E-state index contributed by atoms with van der Waals surface area (Å²) in [5.41, 5.74) is 2.81. The number of aryl methyl sites for hydroxylation is 1. The molecule has 0 aliphatic rings. The minimum absolute atomic E-state index is 0.135. The molecule has 6 heteroatoms. The summed E-state index contributed by atoms with van der Waals surface area (Å²) in [5, 5.41) is 0.418. The number of hydrogen-bond donors (Lipinski definition) is 0. The number of likely N-dealkylation sites (N-methyl/N-ethyl adjacent to an activating group) is 1. The minimum Gasteiger partial charge on any atom is -0.496 e. The fourth-order valence-electron chi connectivity index (χ4n) is 2.69. The van der Waals surface area contributed by atoms with Crippen LogP contribution in [0.5, 0.6) is 17.2 Å². The summed E-state index contributed by atoms with van der Waals surface area (Å²) in [5.74, 6) is 1.60. The molecular formula is C21H24ClNO4. The van der Waals surface area contributed by atoms with Crippen LogP contribution in [0, 0.1) is 6.92 Å². The molecule has 2 aromatic carbocycles. The number of ether oxygens (including phenoxy) is 3. The van der Waals surface area contributed by atoms with Crippen molar-refractivity contribution in [1.29, 1.82) is 0 Å². The zero-order valence-corrected chi connectivity index (χ0v) is 17.0. The molecule has 0 aromatic heterocycles. The van der Waals surface area contributed by atoms with Crippen LogP contribution in [0.25, 0.3) is 6.08 Å². The summed E-state index contributed by atoms with van der Waals surface area (Å²) in [6.45, 7) is 2.45. The average molecular weight is 390 g/mol. The zero-order valence-electron chi connectivity index (χ0n) is 16.2. The van der Waals surface area contributed by atoms with Gasteiger partial charge in [-0.2, -0.15) is 0 Å². The maximum atomic E-state index is 12.5. The fourth-order valence-corrected chi connectivity index (χ4v) is 2.99. The second-order valence-corrected chi connectivity index (χ2v) is 6.49. The van der Waals surface area contributed by atoms with Gasteiger partial charge in [-0.25, -0.2) is 0 Å². The highest BCUT2D eigenvalue weighted by Gasteiger charge is 2.12. The number of methoxy groups -OCH3 is 3. The van der Waals surface area contributed by atoms with Gasteiger partial charge in [0.25, 0.3) is 0 Å². The third-order valence-electron chi connectivity index (χ3n) is 4.09. The Kier molecular flexibility index (Phi) is 7.13. The number of carbonyl (C=O) groups is 1. The molecule has 0 saturated heterocycles. The van der Waals surface area contributed by atoms with Gasteiger partial charge < -0.3 is 19.1 Å². The number of halogens is 1. The summed E-state index contributed by atoms with van der Waals surface area (Å²) in [4.78, 5) is 14.1. The molecule has 0 spiro atoms. The summed E-state index contributed by atoms with van der Waals surface area (Å²) in [7, 11) is 6.43. The molecule has 27 heavy (non-hydrogen) atoms. The van der Waals surface area contributed by atoms with Crippen LogP contribution in [-0.2, 0) is 11.3 Å². The van der Waals surface area contributed by atoms with Crippen LogP contribution in [0.3, 0.4) is 0 Å². The smallest absolute Gasteiger partial charge is 0.246 e. The van der Waals surface area contributed by atoms with E-state index in [4.69, 9.17) is 25.8 Å². The Labute approximate surface area is 165 Å². The van der Waals surface area contributed by atoms with Gasteiger partial charge in [-0.3, -0.25) is 4.79 Å². The first-order chi connectivity index (χ1) is 12.9. The van der Waals surface area contributed by atoms with Crippen molar-refractivity contribution < 1.29 is 19.0 Å². The number of carbonyl (C=O) groups excluding carboxylic acids is 1. The van der Waals surface area contributed by atoms with Crippen LogP contribution in [0.2, 0.25) is 5.02 Å². The Bertz CT molecular complexity index is 848. The molecular weight excluding hydrogens is 366 g/mol. The molecule has 1 amide bonds. The first kappa shape index (κ1) is 20.6. The predicted molar refractivity (Wildman–Crippen MR) is 108 cm³/mol. The summed E-state index contributed by atoms with van der Waals surface area (Å²) >= 11 is 6.20. The highest BCUT2D eigenvalue weighted by molar-refractivity contribution is 6.32. The van der Waals surface area contributed by atoms with Crippen molar-refractivity contribution in [3.05, 3.63) is 58.1 Å². The number of nitrogens with zero attached hydrogens (tertiary/aromatic N) is 1. The zero-order chi connectivity index (χ0) is 20.0. The minimum atomic E-state index is -0.135. The number of rotatable bonds is 7. The topological polar surface area (TPSA) is 48.0 Å². The third-order valence-corrected chi connectivity index (χ3v) is 4.37. The Morgan fingerprint density at radius 3 is 2.41 bits per heavy atom.